The lowest BCUT2D eigenvalue weighted by atomic mass is 10.1. The highest BCUT2D eigenvalue weighted by molar-refractivity contribution is 7.12. The van der Waals surface area contributed by atoms with Crippen molar-refractivity contribution in [2.45, 2.75) is 6.92 Å². The molecule has 0 N–H and O–H groups in total. The number of piperazine rings is 1. The number of esters is 1. The van der Waals surface area contributed by atoms with Gasteiger partial charge in [-0.3, -0.25) is 4.79 Å². The van der Waals surface area contributed by atoms with Gasteiger partial charge < -0.3 is 14.5 Å². The molecule has 1 fully saturated rings. The average Bonchev–Trinajstić information content (AvgIpc) is 3.60. The molecule has 1 saturated heterocycles. The third-order valence-electron chi connectivity index (χ3n) is 6.10. The number of anilines is 1. The Morgan fingerprint density at radius 2 is 1.75 bits per heavy atom. The highest BCUT2D eigenvalue weighted by atomic mass is 35.5. The van der Waals surface area contributed by atoms with E-state index in [4.69, 9.17) is 16.3 Å². The van der Waals surface area contributed by atoms with Crippen LogP contribution in [0, 0.1) is 0 Å². The predicted octanol–water partition coefficient (Wildman–Crippen LogP) is 5.39. The summed E-state index contributed by atoms with van der Waals surface area (Å²) in [5.41, 5.74) is 3.62. The second-order valence-corrected chi connectivity index (χ2v) is 9.66. The molecule has 1 aliphatic rings. The standard InChI is InChI=1S/C27H25ClN4O3S/c1-2-35-27(34)22-18-24(32(29-22)23-7-4-3-6-21(23)28)19-9-11-20(12-10-19)30-13-15-31(16-14-30)26(33)25-8-5-17-36-25/h3-12,17-18H,2,13-16H2,1H3. The van der Waals surface area contributed by atoms with Crippen LogP contribution in [-0.4, -0.2) is 59.3 Å². The van der Waals surface area contributed by atoms with E-state index in [1.165, 1.54) is 11.3 Å². The molecule has 0 atom stereocenters. The van der Waals surface area contributed by atoms with E-state index in [2.05, 4.69) is 22.1 Å². The quantitative estimate of drug-likeness (QED) is 0.319. The number of hydrogen-bond acceptors (Lipinski definition) is 6. The molecule has 4 aromatic rings. The first kappa shape index (κ1) is 24.1. The van der Waals surface area contributed by atoms with Crippen LogP contribution in [0.25, 0.3) is 16.9 Å². The van der Waals surface area contributed by atoms with E-state index in [1.54, 1.807) is 23.7 Å². The molecule has 0 aliphatic carbocycles. The van der Waals surface area contributed by atoms with E-state index in [-0.39, 0.29) is 18.2 Å². The lowest BCUT2D eigenvalue weighted by molar-refractivity contribution is 0.0518. The molecule has 0 bridgehead atoms. The molecule has 36 heavy (non-hydrogen) atoms. The number of hydrogen-bond donors (Lipinski definition) is 0. The zero-order valence-corrected chi connectivity index (χ0v) is 21.3. The maximum atomic E-state index is 12.6. The fraction of sp³-hybridized carbons (Fsp3) is 0.222. The van der Waals surface area contributed by atoms with Crippen LogP contribution < -0.4 is 4.90 Å². The summed E-state index contributed by atoms with van der Waals surface area (Å²) in [6.45, 7) is 4.93. The number of halogens is 1. The van der Waals surface area contributed by atoms with E-state index in [1.807, 2.05) is 52.7 Å². The highest BCUT2D eigenvalue weighted by Crippen LogP contribution is 2.30. The second-order valence-electron chi connectivity index (χ2n) is 8.30. The predicted molar refractivity (Wildman–Crippen MR) is 142 cm³/mol. The maximum Gasteiger partial charge on any atom is 0.358 e. The van der Waals surface area contributed by atoms with Gasteiger partial charge in [0.15, 0.2) is 5.69 Å². The first-order valence-corrected chi connectivity index (χ1v) is 13.0. The number of ether oxygens (including phenoxy) is 1. The van der Waals surface area contributed by atoms with Crippen LogP contribution in [0.5, 0.6) is 0 Å². The molecule has 7 nitrogen and oxygen atoms in total. The Hall–Kier alpha value is -3.62. The van der Waals surface area contributed by atoms with Gasteiger partial charge in [0.25, 0.3) is 5.91 Å². The van der Waals surface area contributed by atoms with Crippen molar-refractivity contribution in [2.24, 2.45) is 0 Å². The molecule has 2 aromatic carbocycles. The summed E-state index contributed by atoms with van der Waals surface area (Å²) in [6, 6.07) is 21.0. The molecule has 9 heteroatoms. The third kappa shape index (κ3) is 4.87. The first-order chi connectivity index (χ1) is 17.5. The topological polar surface area (TPSA) is 67.7 Å². The monoisotopic (exact) mass is 520 g/mol. The van der Waals surface area contributed by atoms with Gasteiger partial charge in [0.1, 0.15) is 0 Å². The Bertz CT molecular complexity index is 1360. The Balaban J connectivity index is 1.36. The number of benzene rings is 2. The van der Waals surface area contributed by atoms with Crippen molar-refractivity contribution < 1.29 is 14.3 Å². The highest BCUT2D eigenvalue weighted by Gasteiger charge is 2.23. The fourth-order valence-corrected chi connectivity index (χ4v) is 5.17. The van der Waals surface area contributed by atoms with Gasteiger partial charge in [0, 0.05) is 37.4 Å². The number of carbonyl (C=O) groups excluding carboxylic acids is 2. The normalized spacial score (nSPS) is 13.6. The summed E-state index contributed by atoms with van der Waals surface area (Å²) < 4.78 is 6.84. The summed E-state index contributed by atoms with van der Waals surface area (Å²) >= 11 is 7.93. The van der Waals surface area contributed by atoms with Crippen LogP contribution in [0.15, 0.2) is 72.1 Å². The summed E-state index contributed by atoms with van der Waals surface area (Å²) in [5, 5.41) is 6.97. The molecule has 3 heterocycles. The van der Waals surface area contributed by atoms with Crippen LogP contribution in [0.2, 0.25) is 5.02 Å². The molecule has 184 valence electrons. The molecule has 0 spiro atoms. The average molecular weight is 521 g/mol. The third-order valence-corrected chi connectivity index (χ3v) is 7.28. The molecular formula is C27H25ClN4O3S. The van der Waals surface area contributed by atoms with Crippen molar-refractivity contribution in [1.29, 1.82) is 0 Å². The van der Waals surface area contributed by atoms with Crippen LogP contribution in [0.4, 0.5) is 5.69 Å². The van der Waals surface area contributed by atoms with E-state index in [0.717, 1.165) is 34.9 Å². The number of carbonyl (C=O) groups is 2. The number of rotatable bonds is 6. The van der Waals surface area contributed by atoms with Gasteiger partial charge in [-0.2, -0.15) is 5.10 Å². The lowest BCUT2D eigenvalue weighted by Gasteiger charge is -2.36. The Kier molecular flexibility index (Phi) is 7.06. The van der Waals surface area contributed by atoms with E-state index in [9.17, 15) is 9.59 Å². The summed E-state index contributed by atoms with van der Waals surface area (Å²) in [5.74, 6) is -0.374. The zero-order chi connectivity index (χ0) is 25.1. The molecule has 0 radical (unpaired) electrons. The number of thiophene rings is 1. The van der Waals surface area contributed by atoms with Gasteiger partial charge in [-0.15, -0.1) is 11.3 Å². The van der Waals surface area contributed by atoms with Crippen molar-refractivity contribution in [3.8, 4) is 16.9 Å². The number of para-hydroxylation sites is 1. The largest absolute Gasteiger partial charge is 0.461 e. The summed E-state index contributed by atoms with van der Waals surface area (Å²) in [7, 11) is 0. The van der Waals surface area contributed by atoms with E-state index in [0.29, 0.717) is 23.8 Å². The van der Waals surface area contributed by atoms with Gasteiger partial charge in [0.05, 0.1) is 27.9 Å². The van der Waals surface area contributed by atoms with Crippen LogP contribution in [0.1, 0.15) is 27.1 Å². The molecule has 2 aromatic heterocycles. The van der Waals surface area contributed by atoms with Crippen LogP contribution >= 0.6 is 22.9 Å². The minimum Gasteiger partial charge on any atom is -0.461 e. The molecule has 0 saturated carbocycles. The van der Waals surface area contributed by atoms with Crippen molar-refractivity contribution in [3.05, 3.63) is 87.7 Å². The van der Waals surface area contributed by atoms with Crippen LogP contribution in [-0.2, 0) is 4.74 Å². The lowest BCUT2D eigenvalue weighted by Crippen LogP contribution is -2.48. The minimum absolute atomic E-state index is 0.102. The minimum atomic E-state index is -0.476. The number of amides is 1. The summed E-state index contributed by atoms with van der Waals surface area (Å²) in [6.07, 6.45) is 0. The van der Waals surface area contributed by atoms with Crippen molar-refractivity contribution >= 4 is 40.5 Å². The molecule has 1 aliphatic heterocycles. The molecular weight excluding hydrogens is 496 g/mol. The van der Waals surface area contributed by atoms with E-state index >= 15 is 0 Å². The number of nitrogens with zero attached hydrogens (tertiary/aromatic N) is 4. The van der Waals surface area contributed by atoms with Gasteiger partial charge in [-0.1, -0.05) is 41.9 Å². The zero-order valence-electron chi connectivity index (χ0n) is 19.8. The maximum absolute atomic E-state index is 12.6. The molecule has 1 amide bonds. The van der Waals surface area contributed by atoms with Crippen molar-refractivity contribution in [1.82, 2.24) is 14.7 Å². The SMILES string of the molecule is CCOC(=O)c1cc(-c2ccc(N3CCN(C(=O)c4cccs4)CC3)cc2)n(-c2ccccc2Cl)n1. The Morgan fingerprint density at radius 3 is 2.42 bits per heavy atom. The number of aromatic nitrogens is 2. The van der Waals surface area contributed by atoms with Gasteiger partial charge >= 0.3 is 5.97 Å². The van der Waals surface area contributed by atoms with Crippen molar-refractivity contribution in [3.63, 3.8) is 0 Å². The van der Waals surface area contributed by atoms with Gasteiger partial charge in [-0.05, 0) is 48.7 Å². The molecule has 5 rings (SSSR count). The summed E-state index contributed by atoms with van der Waals surface area (Å²) in [4.78, 5) is 30.0. The van der Waals surface area contributed by atoms with Gasteiger partial charge in [-0.25, -0.2) is 9.48 Å². The molecule has 0 unspecified atom stereocenters. The smallest absolute Gasteiger partial charge is 0.358 e. The van der Waals surface area contributed by atoms with Gasteiger partial charge in [0.2, 0.25) is 0 Å². The Morgan fingerprint density at radius 1 is 1.00 bits per heavy atom. The van der Waals surface area contributed by atoms with Crippen LogP contribution in [0.3, 0.4) is 0 Å². The second kappa shape index (κ2) is 10.6. The first-order valence-electron chi connectivity index (χ1n) is 11.8. The van der Waals surface area contributed by atoms with Crippen molar-refractivity contribution in [2.75, 3.05) is 37.7 Å². The Labute approximate surface area is 218 Å². The van der Waals surface area contributed by atoms with E-state index < -0.39 is 5.97 Å². The fourth-order valence-electron chi connectivity index (χ4n) is 4.27.